The Hall–Kier alpha value is -1.49. The molecule has 0 aromatic heterocycles. The van der Waals surface area contributed by atoms with Crippen molar-refractivity contribution in [1.82, 2.24) is 4.90 Å². The van der Waals surface area contributed by atoms with Crippen LogP contribution < -0.4 is 4.90 Å². The number of aliphatic imine (C=N–C) groups is 1. The molecule has 1 saturated heterocycles. The van der Waals surface area contributed by atoms with Gasteiger partial charge in [0.25, 0.3) is 0 Å². The Bertz CT molecular complexity index is 701. The molecule has 0 radical (unpaired) electrons. The Morgan fingerprint density at radius 3 is 2.30 bits per heavy atom. The van der Waals surface area contributed by atoms with Gasteiger partial charge in [-0.1, -0.05) is 57.5 Å². The Morgan fingerprint density at radius 2 is 1.78 bits per heavy atom. The number of thioether (sulfide) groups is 1. The van der Waals surface area contributed by atoms with Crippen LogP contribution in [-0.2, 0) is 10.2 Å². The molecule has 2 aliphatic rings. The maximum absolute atomic E-state index is 12.6. The minimum atomic E-state index is -0.00635. The molecule has 27 heavy (non-hydrogen) atoms. The summed E-state index contributed by atoms with van der Waals surface area (Å²) in [5.41, 5.74) is 2.34. The van der Waals surface area contributed by atoms with E-state index < -0.39 is 0 Å². The molecule has 1 aliphatic heterocycles. The van der Waals surface area contributed by atoms with Gasteiger partial charge in [0.15, 0.2) is 5.17 Å². The van der Waals surface area contributed by atoms with Crippen LogP contribution in [0.3, 0.4) is 0 Å². The monoisotopic (exact) mass is 387 g/mol. The highest BCUT2D eigenvalue weighted by atomic mass is 32.2. The summed E-state index contributed by atoms with van der Waals surface area (Å²) < 4.78 is 0. The first kappa shape index (κ1) is 20.2. The van der Waals surface area contributed by atoms with Crippen molar-refractivity contribution in [3.8, 4) is 0 Å². The largest absolute Gasteiger partial charge is 0.333 e. The number of hydrogen-bond acceptors (Lipinski definition) is 3. The van der Waals surface area contributed by atoms with E-state index in [1.54, 1.807) is 18.7 Å². The van der Waals surface area contributed by atoms with Gasteiger partial charge in [0.2, 0.25) is 5.91 Å². The molecule has 0 bridgehead atoms. The molecule has 148 valence electrons. The number of anilines is 1. The number of carbonyl (C=O) groups excluding carboxylic acids is 1. The van der Waals surface area contributed by atoms with Gasteiger partial charge in [-0.2, -0.15) is 0 Å². The van der Waals surface area contributed by atoms with Crippen LogP contribution in [0.1, 0.15) is 65.9 Å². The van der Waals surface area contributed by atoms with Crippen LogP contribution >= 0.6 is 11.8 Å². The van der Waals surface area contributed by atoms with E-state index in [0.717, 1.165) is 10.9 Å². The lowest BCUT2D eigenvalue weighted by Crippen LogP contribution is -2.50. The summed E-state index contributed by atoms with van der Waals surface area (Å²) in [4.78, 5) is 21.7. The Morgan fingerprint density at radius 1 is 1.19 bits per heavy atom. The molecule has 0 spiro atoms. The number of hydrogen-bond donors (Lipinski definition) is 0. The minimum absolute atomic E-state index is 0.00635. The van der Waals surface area contributed by atoms with E-state index in [4.69, 9.17) is 4.99 Å². The highest BCUT2D eigenvalue weighted by molar-refractivity contribution is 8.14. The molecular weight excluding hydrogens is 354 g/mol. The maximum atomic E-state index is 12.6. The maximum Gasteiger partial charge on any atom is 0.225 e. The van der Waals surface area contributed by atoms with Gasteiger partial charge >= 0.3 is 0 Å². The molecule has 1 saturated carbocycles. The SMILES string of the molecule is CC(=O)N(c1ccc(C(C)(C)C)cc1)C1C(C)SC(=NC2CCCC2)N1C. The lowest BCUT2D eigenvalue weighted by Gasteiger charge is -2.35. The molecule has 4 nitrogen and oxygen atoms in total. The van der Waals surface area contributed by atoms with Crippen LogP contribution in [0.5, 0.6) is 0 Å². The van der Waals surface area contributed by atoms with Gasteiger partial charge in [-0.25, -0.2) is 0 Å². The van der Waals surface area contributed by atoms with E-state index in [2.05, 4.69) is 63.9 Å². The lowest BCUT2D eigenvalue weighted by atomic mass is 9.87. The zero-order chi connectivity index (χ0) is 19.8. The fraction of sp³-hybridized carbons (Fsp3) is 0.636. The minimum Gasteiger partial charge on any atom is -0.333 e. The summed E-state index contributed by atoms with van der Waals surface area (Å²) >= 11 is 1.80. The standard InChI is InChI=1S/C22H33N3OS/c1-15-20(24(6)21(27-15)23-18-9-7-8-10-18)25(16(2)26)19-13-11-17(12-14-19)22(3,4)5/h11-15,18,20H,7-10H2,1-6H3. The fourth-order valence-corrected chi connectivity index (χ4v) is 5.32. The van der Waals surface area contributed by atoms with E-state index in [0.29, 0.717) is 6.04 Å². The molecule has 2 unspecified atom stereocenters. The third-order valence-electron chi connectivity index (χ3n) is 5.64. The summed E-state index contributed by atoms with van der Waals surface area (Å²) in [5, 5.41) is 1.36. The van der Waals surface area contributed by atoms with Crippen LogP contribution in [0, 0.1) is 0 Å². The first-order valence-electron chi connectivity index (χ1n) is 10.1. The molecule has 1 heterocycles. The van der Waals surface area contributed by atoms with Crippen molar-refractivity contribution in [3.63, 3.8) is 0 Å². The van der Waals surface area contributed by atoms with Crippen molar-refractivity contribution in [2.75, 3.05) is 11.9 Å². The first-order valence-corrected chi connectivity index (χ1v) is 10.9. The van der Waals surface area contributed by atoms with Crippen LogP contribution in [0.2, 0.25) is 0 Å². The number of nitrogens with zero attached hydrogens (tertiary/aromatic N) is 3. The van der Waals surface area contributed by atoms with Crippen LogP contribution in [0.15, 0.2) is 29.3 Å². The molecule has 1 aromatic rings. The second-order valence-corrected chi connectivity index (χ2v) is 10.2. The quantitative estimate of drug-likeness (QED) is 0.730. The molecule has 5 heteroatoms. The molecule has 3 rings (SSSR count). The molecule has 2 atom stereocenters. The summed E-state index contributed by atoms with van der Waals surface area (Å²) in [6.07, 6.45) is 4.96. The van der Waals surface area contributed by atoms with Crippen molar-refractivity contribution in [2.45, 2.75) is 83.2 Å². The molecule has 0 N–H and O–H groups in total. The number of amides is 1. The van der Waals surface area contributed by atoms with Crippen molar-refractivity contribution >= 4 is 28.5 Å². The lowest BCUT2D eigenvalue weighted by molar-refractivity contribution is -0.117. The van der Waals surface area contributed by atoms with Gasteiger partial charge in [-0.15, -0.1) is 0 Å². The van der Waals surface area contributed by atoms with Crippen molar-refractivity contribution in [3.05, 3.63) is 29.8 Å². The average Bonchev–Trinajstić information content (AvgIpc) is 3.18. The third kappa shape index (κ3) is 4.34. The van der Waals surface area contributed by atoms with Gasteiger partial charge in [0.05, 0.1) is 6.04 Å². The average molecular weight is 388 g/mol. The zero-order valence-electron chi connectivity index (χ0n) is 17.5. The van der Waals surface area contributed by atoms with Gasteiger partial charge in [-0.05, 0) is 42.9 Å². The van der Waals surface area contributed by atoms with Crippen molar-refractivity contribution < 1.29 is 4.79 Å². The van der Waals surface area contributed by atoms with E-state index >= 15 is 0 Å². The number of amidine groups is 1. The van der Waals surface area contributed by atoms with Gasteiger partial charge in [0, 0.05) is 24.9 Å². The van der Waals surface area contributed by atoms with E-state index in [9.17, 15) is 4.79 Å². The predicted molar refractivity (Wildman–Crippen MR) is 117 cm³/mol. The van der Waals surface area contributed by atoms with Crippen molar-refractivity contribution in [1.29, 1.82) is 0 Å². The number of rotatable bonds is 3. The summed E-state index contributed by atoms with van der Waals surface area (Å²) in [7, 11) is 2.08. The summed E-state index contributed by atoms with van der Waals surface area (Å²) in [5.74, 6) is 0.0740. The Labute approximate surface area is 168 Å². The highest BCUT2D eigenvalue weighted by Crippen LogP contribution is 2.36. The second-order valence-electron chi connectivity index (χ2n) is 8.88. The van der Waals surface area contributed by atoms with Gasteiger partial charge < -0.3 is 4.90 Å². The first-order chi connectivity index (χ1) is 12.7. The van der Waals surface area contributed by atoms with Gasteiger partial charge in [-0.3, -0.25) is 14.7 Å². The topological polar surface area (TPSA) is 35.9 Å². The van der Waals surface area contributed by atoms with E-state index in [1.807, 2.05) is 4.90 Å². The van der Waals surface area contributed by atoms with Crippen molar-refractivity contribution in [2.24, 2.45) is 4.99 Å². The number of benzene rings is 1. The third-order valence-corrected chi connectivity index (χ3v) is 6.86. The highest BCUT2D eigenvalue weighted by Gasteiger charge is 2.40. The van der Waals surface area contributed by atoms with E-state index in [-0.39, 0.29) is 22.7 Å². The van der Waals surface area contributed by atoms with Crippen LogP contribution in [0.4, 0.5) is 5.69 Å². The van der Waals surface area contributed by atoms with Gasteiger partial charge in [0.1, 0.15) is 6.17 Å². The Kier molecular flexibility index (Phi) is 5.90. The second kappa shape index (κ2) is 7.86. The van der Waals surface area contributed by atoms with Crippen LogP contribution in [0.25, 0.3) is 0 Å². The molecule has 1 aliphatic carbocycles. The smallest absolute Gasteiger partial charge is 0.225 e. The summed E-state index contributed by atoms with van der Waals surface area (Å²) in [6, 6.07) is 8.91. The molecule has 2 fully saturated rings. The molecular formula is C22H33N3OS. The van der Waals surface area contributed by atoms with E-state index in [1.165, 1.54) is 31.2 Å². The Balaban J connectivity index is 1.87. The summed E-state index contributed by atoms with van der Waals surface area (Å²) in [6.45, 7) is 10.5. The number of carbonyl (C=O) groups is 1. The normalized spacial score (nSPS) is 25.4. The predicted octanol–water partition coefficient (Wildman–Crippen LogP) is 5.03. The zero-order valence-corrected chi connectivity index (χ0v) is 18.3. The molecule has 1 amide bonds. The van der Waals surface area contributed by atoms with Crippen LogP contribution in [-0.4, -0.2) is 40.5 Å². The fourth-order valence-electron chi connectivity index (χ4n) is 4.08. The molecule has 1 aromatic carbocycles.